The lowest BCUT2D eigenvalue weighted by Gasteiger charge is -2.61. The summed E-state index contributed by atoms with van der Waals surface area (Å²) < 4.78 is 28.7. The maximum absolute atomic E-state index is 14.3. The topological polar surface area (TPSA) is 26.8 Å². The number of benzene rings is 1. The molecule has 3 aliphatic rings. The number of hydrogen-bond acceptors (Lipinski definition) is 3. The average molecular weight is 420 g/mol. The first-order chi connectivity index (χ1) is 14.2. The van der Waals surface area contributed by atoms with Gasteiger partial charge in [0.1, 0.15) is 0 Å². The van der Waals surface area contributed by atoms with E-state index < -0.39 is 11.8 Å². The van der Waals surface area contributed by atoms with Crippen molar-refractivity contribution in [3.05, 3.63) is 29.8 Å². The van der Waals surface area contributed by atoms with Crippen LogP contribution in [0.4, 0.5) is 14.5 Å². The number of rotatable bonds is 6. The molecule has 6 heteroatoms. The summed E-state index contributed by atoms with van der Waals surface area (Å²) in [7, 11) is 0. The minimum atomic E-state index is -2.68. The number of hydrogen-bond donors (Lipinski definition) is 0. The van der Waals surface area contributed by atoms with Gasteiger partial charge in [-0.3, -0.25) is 9.69 Å². The van der Waals surface area contributed by atoms with Crippen molar-refractivity contribution in [2.24, 2.45) is 11.3 Å². The summed E-state index contributed by atoms with van der Waals surface area (Å²) in [4.78, 5) is 18.5. The molecule has 4 rings (SSSR count). The number of carbonyl (C=O) groups excluding carboxylic acids is 1. The van der Waals surface area contributed by atoms with Gasteiger partial charge in [0.05, 0.1) is 13.1 Å². The summed E-state index contributed by atoms with van der Waals surface area (Å²) >= 11 is 0. The van der Waals surface area contributed by atoms with Crippen molar-refractivity contribution >= 4 is 11.6 Å². The minimum absolute atomic E-state index is 0.00472. The maximum Gasteiger partial charge on any atom is 0.263 e. The van der Waals surface area contributed by atoms with Crippen LogP contribution in [0.15, 0.2) is 24.3 Å². The molecule has 3 heterocycles. The van der Waals surface area contributed by atoms with Gasteiger partial charge in [-0.2, -0.15) is 0 Å². The maximum atomic E-state index is 14.3. The third kappa shape index (κ3) is 4.20. The molecule has 30 heavy (non-hydrogen) atoms. The molecular weight excluding hydrogens is 384 g/mol. The predicted molar refractivity (Wildman–Crippen MR) is 116 cm³/mol. The molecule has 1 spiro atoms. The van der Waals surface area contributed by atoms with E-state index in [1.165, 1.54) is 11.3 Å². The van der Waals surface area contributed by atoms with Crippen LogP contribution in [0.2, 0.25) is 0 Å². The third-order valence-electron chi connectivity index (χ3n) is 7.20. The highest BCUT2D eigenvalue weighted by atomic mass is 19.3. The van der Waals surface area contributed by atoms with E-state index in [-0.39, 0.29) is 24.4 Å². The Bertz CT molecular complexity index is 750. The van der Waals surface area contributed by atoms with Crippen molar-refractivity contribution in [3.8, 4) is 0 Å². The monoisotopic (exact) mass is 419 g/mol. The molecule has 0 N–H and O–H groups in total. The molecule has 4 nitrogen and oxygen atoms in total. The molecule has 0 aliphatic carbocycles. The van der Waals surface area contributed by atoms with Gasteiger partial charge in [0.2, 0.25) is 5.91 Å². The van der Waals surface area contributed by atoms with Crippen molar-refractivity contribution < 1.29 is 13.6 Å². The number of carbonyl (C=O) groups is 1. The summed E-state index contributed by atoms with van der Waals surface area (Å²) in [6.07, 6.45) is 1.84. The Morgan fingerprint density at radius 1 is 1.10 bits per heavy atom. The second-order valence-corrected chi connectivity index (χ2v) is 10.1. The summed E-state index contributed by atoms with van der Waals surface area (Å²) in [6, 6.07) is 8.76. The molecule has 0 bridgehead atoms. The van der Waals surface area contributed by atoms with Crippen molar-refractivity contribution in [1.29, 1.82) is 0 Å². The van der Waals surface area contributed by atoms with Gasteiger partial charge in [-0.1, -0.05) is 39.3 Å². The van der Waals surface area contributed by atoms with E-state index in [1.54, 1.807) is 4.90 Å². The van der Waals surface area contributed by atoms with Crippen LogP contribution in [0.5, 0.6) is 0 Å². The smallest absolute Gasteiger partial charge is 0.263 e. The summed E-state index contributed by atoms with van der Waals surface area (Å²) in [5, 5.41) is 0. The van der Waals surface area contributed by atoms with Crippen LogP contribution in [0.1, 0.15) is 51.5 Å². The third-order valence-corrected chi connectivity index (χ3v) is 7.20. The van der Waals surface area contributed by atoms with E-state index >= 15 is 0 Å². The zero-order valence-corrected chi connectivity index (χ0v) is 18.5. The number of alkyl halides is 2. The Morgan fingerprint density at radius 3 is 2.33 bits per heavy atom. The first-order valence-corrected chi connectivity index (χ1v) is 11.4. The molecule has 3 saturated heterocycles. The molecule has 0 saturated carbocycles. The Kier molecular flexibility index (Phi) is 5.82. The molecule has 1 atom stereocenters. The zero-order valence-electron chi connectivity index (χ0n) is 18.5. The van der Waals surface area contributed by atoms with Gasteiger partial charge in [0, 0.05) is 43.2 Å². The Labute approximate surface area is 179 Å². The van der Waals surface area contributed by atoms with Gasteiger partial charge in [-0.15, -0.1) is 0 Å². The Hall–Kier alpha value is -1.69. The quantitative estimate of drug-likeness (QED) is 0.691. The number of likely N-dealkylation sites (tertiary alicyclic amines) is 2. The van der Waals surface area contributed by atoms with E-state index in [9.17, 15) is 13.6 Å². The molecule has 3 aliphatic heterocycles. The van der Waals surface area contributed by atoms with Crippen LogP contribution in [0.25, 0.3) is 0 Å². The number of amides is 1. The van der Waals surface area contributed by atoms with Crippen molar-refractivity contribution in [2.75, 3.05) is 50.7 Å². The Balaban J connectivity index is 1.22. The fourth-order valence-corrected chi connectivity index (χ4v) is 5.34. The van der Waals surface area contributed by atoms with Gasteiger partial charge in [0.25, 0.3) is 5.92 Å². The van der Waals surface area contributed by atoms with E-state index in [4.69, 9.17) is 0 Å². The molecule has 3 fully saturated rings. The van der Waals surface area contributed by atoms with Gasteiger partial charge >= 0.3 is 0 Å². The van der Waals surface area contributed by atoms with Gasteiger partial charge in [0.15, 0.2) is 0 Å². The summed E-state index contributed by atoms with van der Waals surface area (Å²) in [5.41, 5.74) is 2.79. The van der Waals surface area contributed by atoms with Crippen molar-refractivity contribution in [2.45, 2.75) is 51.9 Å². The van der Waals surface area contributed by atoms with Crippen LogP contribution >= 0.6 is 0 Å². The second-order valence-electron chi connectivity index (χ2n) is 10.1. The van der Waals surface area contributed by atoms with E-state index in [2.05, 4.69) is 43.0 Å². The molecule has 1 aromatic carbocycles. The normalized spacial score (nSPS) is 25.3. The number of piperidine rings is 1. The Morgan fingerprint density at radius 2 is 1.77 bits per heavy atom. The average Bonchev–Trinajstić information content (AvgIpc) is 2.62. The lowest BCUT2D eigenvalue weighted by Crippen LogP contribution is -2.73. The van der Waals surface area contributed by atoms with Gasteiger partial charge in [-0.05, 0) is 43.0 Å². The zero-order chi connectivity index (χ0) is 21.5. The SMILES string of the molecule is CCCC1CCN(CC(=O)N2CC3(C2)CN(c2ccc(C(C)C)cc2)C3)CC1(F)F. The second kappa shape index (κ2) is 8.10. The molecular formula is C24H35F2N3O. The standard InChI is InChI=1S/C24H35F2N3O/c1-4-5-20-10-11-27(17-24(20,25)26)12-22(30)29-15-23(16-29)13-28(14-23)21-8-6-19(7-9-21)18(2)3/h6-9,18,20H,4-5,10-17H2,1-3H3. The lowest BCUT2D eigenvalue weighted by atomic mass is 9.72. The minimum Gasteiger partial charge on any atom is -0.370 e. The van der Waals surface area contributed by atoms with Crippen molar-refractivity contribution in [3.63, 3.8) is 0 Å². The predicted octanol–water partition coefficient (Wildman–Crippen LogP) is 4.22. The first kappa shape index (κ1) is 21.5. The summed E-state index contributed by atoms with van der Waals surface area (Å²) in [5.74, 6) is -2.67. The van der Waals surface area contributed by atoms with Crippen LogP contribution in [-0.2, 0) is 4.79 Å². The number of halogens is 2. The van der Waals surface area contributed by atoms with Crippen molar-refractivity contribution in [1.82, 2.24) is 9.80 Å². The van der Waals surface area contributed by atoms with Crippen LogP contribution in [0, 0.1) is 11.3 Å². The van der Waals surface area contributed by atoms with E-state index in [0.717, 1.165) is 32.6 Å². The molecule has 166 valence electrons. The highest BCUT2D eigenvalue weighted by molar-refractivity contribution is 5.79. The fraction of sp³-hybridized carbons (Fsp3) is 0.708. The van der Waals surface area contributed by atoms with Gasteiger partial charge in [-0.25, -0.2) is 8.78 Å². The highest BCUT2D eigenvalue weighted by Gasteiger charge is 2.53. The largest absolute Gasteiger partial charge is 0.370 e. The summed E-state index contributed by atoms with van der Waals surface area (Å²) in [6.45, 7) is 10.3. The first-order valence-electron chi connectivity index (χ1n) is 11.4. The lowest BCUT2D eigenvalue weighted by molar-refractivity contribution is -0.151. The fourth-order valence-electron chi connectivity index (χ4n) is 5.34. The number of nitrogens with zero attached hydrogens (tertiary/aromatic N) is 3. The molecule has 0 aromatic heterocycles. The van der Waals surface area contributed by atoms with Crippen LogP contribution in [0.3, 0.4) is 0 Å². The molecule has 1 unspecified atom stereocenters. The van der Waals surface area contributed by atoms with E-state index in [0.29, 0.717) is 25.3 Å². The van der Waals surface area contributed by atoms with Crippen LogP contribution in [-0.4, -0.2) is 67.4 Å². The number of anilines is 1. The van der Waals surface area contributed by atoms with Gasteiger partial charge < -0.3 is 9.80 Å². The molecule has 1 aromatic rings. The molecule has 1 amide bonds. The van der Waals surface area contributed by atoms with Crippen LogP contribution < -0.4 is 4.90 Å². The molecule has 0 radical (unpaired) electrons. The highest BCUT2D eigenvalue weighted by Crippen LogP contribution is 2.42. The van der Waals surface area contributed by atoms with E-state index in [1.807, 2.05) is 11.8 Å².